The molecule has 0 aromatic heterocycles. The van der Waals surface area contributed by atoms with Gasteiger partial charge in [0, 0.05) is 48.5 Å². The number of aliphatic hydroxyl groups is 2. The minimum Gasteiger partial charge on any atom is -0.511 e. The molecule has 1 radical (unpaired) electrons. The number of carbonyl (C=O) groups excluding carboxylic acids is 2. The summed E-state index contributed by atoms with van der Waals surface area (Å²) >= 11 is 0. The molecule has 3 aliphatic heterocycles. The molecule has 243 valence electrons. The van der Waals surface area contributed by atoms with E-state index < -0.39 is 17.7 Å². The maximum absolute atomic E-state index is 12.3. The number of cyclic esters (lactones) is 1. The van der Waals surface area contributed by atoms with Gasteiger partial charge in [0.05, 0.1) is 37.1 Å². The maximum atomic E-state index is 12.3. The number of ether oxygens (including phenoxy) is 4. The van der Waals surface area contributed by atoms with E-state index >= 15 is 0 Å². The zero-order valence-electron chi connectivity index (χ0n) is 28.2. The van der Waals surface area contributed by atoms with Crippen molar-refractivity contribution in [3.05, 3.63) is 35.1 Å². The molecule has 0 bridgehead atoms. The van der Waals surface area contributed by atoms with Crippen LogP contribution in [0, 0.1) is 41.4 Å². The second kappa shape index (κ2) is 16.7. The van der Waals surface area contributed by atoms with E-state index in [-0.39, 0.29) is 114 Å². The molecule has 0 spiro atoms. The minimum atomic E-state index is -0.739. The molecule has 4 rings (SSSR count). The van der Waals surface area contributed by atoms with E-state index in [9.17, 15) is 19.8 Å². The summed E-state index contributed by atoms with van der Waals surface area (Å²) in [7, 11) is 1.73. The number of esters is 1. The molecule has 4 fully saturated rings. The third-order valence-corrected chi connectivity index (χ3v) is 10.7. The summed E-state index contributed by atoms with van der Waals surface area (Å²) in [6.07, 6.45) is 12.5. The number of aliphatic hydroxyl groups excluding tert-OH is 2. The number of methoxy groups -OCH3 is 1. The van der Waals surface area contributed by atoms with Crippen molar-refractivity contribution < 1.29 is 38.7 Å². The van der Waals surface area contributed by atoms with Crippen LogP contribution in [0.1, 0.15) is 80.1 Å². The topological polar surface area (TPSA) is 112 Å². The summed E-state index contributed by atoms with van der Waals surface area (Å²) in [6.45, 7) is 12.3. The third-order valence-electron chi connectivity index (χ3n) is 10.7. The molecule has 12 atom stereocenters. The molecule has 0 aromatic carbocycles. The predicted octanol–water partition coefficient (Wildman–Crippen LogP) is 5.36. The van der Waals surface area contributed by atoms with Crippen LogP contribution in [0.4, 0.5) is 0 Å². The number of ketones is 1. The van der Waals surface area contributed by atoms with Gasteiger partial charge in [-0.25, -0.2) is 4.79 Å². The van der Waals surface area contributed by atoms with E-state index in [1.807, 2.05) is 6.92 Å². The minimum absolute atomic E-state index is 0. The van der Waals surface area contributed by atoms with Crippen LogP contribution in [0.25, 0.3) is 0 Å². The molecule has 1 aliphatic carbocycles. The van der Waals surface area contributed by atoms with Crippen molar-refractivity contribution in [3.63, 3.8) is 0 Å². The van der Waals surface area contributed by atoms with Gasteiger partial charge in [0.25, 0.3) is 0 Å². The summed E-state index contributed by atoms with van der Waals surface area (Å²) in [5.74, 6) is -0.447. The normalized spacial score (nSPS) is 38.3. The third kappa shape index (κ3) is 8.47. The molecule has 2 N–H and O–H groups in total. The Morgan fingerprint density at radius 2 is 1.75 bits per heavy atom. The van der Waals surface area contributed by atoms with Gasteiger partial charge in [0.15, 0.2) is 6.61 Å². The largest absolute Gasteiger partial charge is 0.511 e. The quantitative estimate of drug-likeness (QED) is 0.0835. The Balaban J connectivity index is 0.00000529. The van der Waals surface area contributed by atoms with E-state index in [2.05, 4.69) is 52.8 Å². The Kier molecular flexibility index (Phi) is 14.2. The van der Waals surface area contributed by atoms with E-state index in [0.29, 0.717) is 5.92 Å². The first-order chi connectivity index (χ1) is 20.5. The summed E-state index contributed by atoms with van der Waals surface area (Å²) < 4.78 is 23.4. The van der Waals surface area contributed by atoms with Crippen LogP contribution in [0.2, 0.25) is 0 Å². The predicted molar refractivity (Wildman–Crippen MR) is 170 cm³/mol. The van der Waals surface area contributed by atoms with Crippen molar-refractivity contribution in [2.24, 2.45) is 41.4 Å². The summed E-state index contributed by atoms with van der Waals surface area (Å²) in [5, 5.41) is 21.6. The van der Waals surface area contributed by atoms with E-state index in [4.69, 9.17) is 18.9 Å². The molecule has 9 heteroatoms. The van der Waals surface area contributed by atoms with Gasteiger partial charge >= 0.3 is 5.97 Å². The molecule has 44 heavy (non-hydrogen) atoms. The van der Waals surface area contributed by atoms with Crippen molar-refractivity contribution in [2.75, 3.05) is 20.3 Å². The summed E-state index contributed by atoms with van der Waals surface area (Å²) in [4.78, 5) is 24.4. The fraction of sp³-hybridized carbons (Fsp3) is 0.771. The molecular formula is C35H54NaO8. The maximum Gasteiger partial charge on any atom is 0.345 e. The van der Waals surface area contributed by atoms with Gasteiger partial charge in [-0.2, -0.15) is 0 Å². The molecule has 4 aliphatic rings. The van der Waals surface area contributed by atoms with Crippen molar-refractivity contribution in [1.29, 1.82) is 0 Å². The molecule has 0 aromatic rings. The Morgan fingerprint density at radius 3 is 2.39 bits per heavy atom. The van der Waals surface area contributed by atoms with E-state index in [1.165, 1.54) is 0 Å². The Morgan fingerprint density at radius 1 is 1.02 bits per heavy atom. The Hall–Kier alpha value is -1.000. The molecule has 3 saturated heterocycles. The van der Waals surface area contributed by atoms with Gasteiger partial charge in [-0.05, 0) is 67.8 Å². The summed E-state index contributed by atoms with van der Waals surface area (Å²) in [5.41, 5.74) is 0.673. The fourth-order valence-electron chi connectivity index (χ4n) is 8.06. The number of hydrogen-bond donors (Lipinski definition) is 2. The average molecular weight is 626 g/mol. The SMILES string of the molecule is CO[C@@H](C)[C@H]1C[C@H](C)[C@H]([C@@H](C)/C=C/[C@@H]2CC[C@@H](C)[C@H](/C(=C/[C@H]3CCC[C@@H](C)[C@@H]3[C@H](C)C(O)=C3C(=O)COC3=O)CO)O2)O1.[Na]. The van der Waals surface area contributed by atoms with Crippen LogP contribution in [-0.2, 0) is 28.5 Å². The van der Waals surface area contributed by atoms with Crippen molar-refractivity contribution in [1.82, 2.24) is 0 Å². The van der Waals surface area contributed by atoms with Crippen LogP contribution in [0.3, 0.4) is 0 Å². The number of rotatable bonds is 10. The number of allylic oxidation sites excluding steroid dienone is 2. The van der Waals surface area contributed by atoms with E-state index in [1.54, 1.807) is 7.11 Å². The van der Waals surface area contributed by atoms with Crippen LogP contribution in [-0.4, -0.2) is 102 Å². The Bertz CT molecular complexity index is 1070. The standard InChI is InChI=1S/C35H54O8.Na/c1-19-9-8-10-25(30(19)23(5)32(38)31-28(37)18-41-35(31)39)16-26(17-36)34-21(3)12-14-27(42-34)13-11-20(2)33-22(4)15-29(43-33)24(6)40-7;/h11,13,16,19-25,27,29-30,33-34,36,38H,8-10,12,14-15,17-18H2,1-7H3;/b13-11+,26-16+,32-31?;/t19-,20+,21-,22+,23+,24+,25-,27-,29-,30-,33+,34-;/m1./s1. The van der Waals surface area contributed by atoms with Crippen molar-refractivity contribution >= 4 is 41.3 Å². The van der Waals surface area contributed by atoms with Gasteiger partial charge in [-0.3, -0.25) is 4.79 Å². The number of hydrogen-bond acceptors (Lipinski definition) is 8. The van der Waals surface area contributed by atoms with Crippen molar-refractivity contribution in [2.45, 2.75) is 111 Å². The first-order valence-corrected chi connectivity index (χ1v) is 16.4. The zero-order chi connectivity index (χ0) is 31.4. The number of Topliss-reactive ketones (excluding diaryl/α,β-unsaturated/α-hetero) is 1. The van der Waals surface area contributed by atoms with Crippen molar-refractivity contribution in [3.8, 4) is 0 Å². The van der Waals surface area contributed by atoms with Crippen LogP contribution in [0.5, 0.6) is 0 Å². The van der Waals surface area contributed by atoms with E-state index in [0.717, 1.165) is 44.1 Å². The zero-order valence-corrected chi connectivity index (χ0v) is 30.2. The second-order valence-corrected chi connectivity index (χ2v) is 13.8. The average Bonchev–Trinajstić information content (AvgIpc) is 3.55. The molecule has 8 nitrogen and oxygen atoms in total. The second-order valence-electron chi connectivity index (χ2n) is 13.8. The van der Waals surface area contributed by atoms with Crippen LogP contribution >= 0.6 is 0 Å². The van der Waals surface area contributed by atoms with Gasteiger partial charge in [0.2, 0.25) is 5.78 Å². The first-order valence-electron chi connectivity index (χ1n) is 16.4. The molecule has 0 unspecified atom stereocenters. The fourth-order valence-corrected chi connectivity index (χ4v) is 8.06. The van der Waals surface area contributed by atoms with Crippen LogP contribution < -0.4 is 0 Å². The van der Waals surface area contributed by atoms with Crippen LogP contribution in [0.15, 0.2) is 35.1 Å². The molecule has 3 heterocycles. The first kappa shape index (κ1) is 37.5. The molecule has 1 saturated carbocycles. The smallest absolute Gasteiger partial charge is 0.345 e. The van der Waals surface area contributed by atoms with Gasteiger partial charge in [0.1, 0.15) is 11.3 Å². The van der Waals surface area contributed by atoms with Gasteiger partial charge < -0.3 is 29.2 Å². The van der Waals surface area contributed by atoms with Gasteiger partial charge in [-0.1, -0.05) is 65.7 Å². The monoisotopic (exact) mass is 625 g/mol. The molecule has 0 amide bonds. The summed E-state index contributed by atoms with van der Waals surface area (Å²) in [6, 6.07) is 0. The number of carbonyl (C=O) groups is 2. The van der Waals surface area contributed by atoms with Gasteiger partial charge in [-0.15, -0.1) is 0 Å². The Labute approximate surface area is 286 Å². The molecular weight excluding hydrogens is 571 g/mol.